The highest BCUT2D eigenvalue weighted by molar-refractivity contribution is 5.59. The van der Waals surface area contributed by atoms with Gasteiger partial charge in [0.2, 0.25) is 0 Å². The van der Waals surface area contributed by atoms with Gasteiger partial charge in [-0.05, 0) is 48.2 Å². The summed E-state index contributed by atoms with van der Waals surface area (Å²) in [5, 5.41) is 14.2. The van der Waals surface area contributed by atoms with Crippen LogP contribution < -0.4 is 14.2 Å². The minimum absolute atomic E-state index is 0.00823. The second-order valence-electron chi connectivity index (χ2n) is 7.49. The van der Waals surface area contributed by atoms with E-state index in [1.165, 1.54) is 12.3 Å². The molecule has 5 rings (SSSR count). The molecule has 12 heteroatoms. The number of methoxy groups -OCH3 is 1. The summed E-state index contributed by atoms with van der Waals surface area (Å²) in [7, 11) is 1.59. The first-order valence-electron chi connectivity index (χ1n) is 10.4. The van der Waals surface area contributed by atoms with Crippen molar-refractivity contribution in [3.8, 4) is 28.8 Å². The smallest absolute Gasteiger partial charge is 0.414 e. The van der Waals surface area contributed by atoms with Gasteiger partial charge in [0.1, 0.15) is 36.2 Å². The molecular weight excluding hydrogens is 466 g/mol. The van der Waals surface area contributed by atoms with Crippen molar-refractivity contribution in [1.29, 1.82) is 0 Å². The van der Waals surface area contributed by atoms with Crippen molar-refractivity contribution >= 4 is 5.82 Å². The number of hydrogen-bond acceptors (Lipinski definition) is 8. The lowest BCUT2D eigenvalue weighted by Crippen LogP contribution is -2.08. The molecule has 3 heterocycles. The fourth-order valence-corrected chi connectivity index (χ4v) is 3.21. The van der Waals surface area contributed by atoms with E-state index in [0.717, 1.165) is 23.4 Å². The Hall–Kier alpha value is -4.48. The minimum Gasteiger partial charge on any atom is -0.497 e. The van der Waals surface area contributed by atoms with Crippen LogP contribution in [0.3, 0.4) is 0 Å². The Morgan fingerprint density at radius 3 is 2.63 bits per heavy atom. The maximum Gasteiger partial charge on any atom is 0.414 e. The van der Waals surface area contributed by atoms with Gasteiger partial charge in [0.05, 0.1) is 13.7 Å². The fraction of sp³-hybridized carbons (Fsp3) is 0.217. The molecule has 0 saturated heterocycles. The van der Waals surface area contributed by atoms with E-state index in [4.69, 9.17) is 18.7 Å². The predicted molar refractivity (Wildman–Crippen MR) is 118 cm³/mol. The average molecular weight is 486 g/mol. The lowest BCUT2D eigenvalue weighted by molar-refractivity contribution is -0.389. The molecule has 1 atom stereocenters. The fourth-order valence-electron chi connectivity index (χ4n) is 3.21. The maximum atomic E-state index is 13.5. The Labute approximate surface area is 197 Å². The van der Waals surface area contributed by atoms with Gasteiger partial charge in [-0.25, -0.2) is 8.78 Å². The first-order chi connectivity index (χ1) is 16.8. The number of imidazole rings is 1. The standard InChI is InChI=1S/C17H13F2NO3.C6H7N3O3/c1-21-13-5-2-11(3-6-13)16-9-14(23-20-16)10-22-17-7-4-12(18)8-15(17)19;1-4-2-8-3-5(9(10)11)7-6(8)12-4/h2-9H,10H2,1H3;3-4H,2H2,1H3. The van der Waals surface area contributed by atoms with E-state index < -0.39 is 16.6 Å². The molecule has 35 heavy (non-hydrogen) atoms. The topological polar surface area (TPSA) is 115 Å². The van der Waals surface area contributed by atoms with E-state index >= 15 is 0 Å². The number of halogens is 2. The van der Waals surface area contributed by atoms with Gasteiger partial charge in [-0.2, -0.15) is 0 Å². The number of nitro groups is 1. The summed E-state index contributed by atoms with van der Waals surface area (Å²) in [5.41, 5.74) is 1.49. The molecule has 0 radical (unpaired) electrons. The first kappa shape index (κ1) is 23.7. The minimum atomic E-state index is -0.764. The van der Waals surface area contributed by atoms with E-state index in [0.29, 0.717) is 24.0 Å². The average Bonchev–Trinajstić information content (AvgIpc) is 3.54. The molecule has 0 spiro atoms. The summed E-state index contributed by atoms with van der Waals surface area (Å²) in [4.78, 5) is 13.4. The molecule has 2 aromatic heterocycles. The Morgan fingerprint density at radius 2 is 1.97 bits per heavy atom. The molecule has 1 aliphatic heterocycles. The molecule has 1 unspecified atom stereocenters. The molecule has 0 fully saturated rings. The van der Waals surface area contributed by atoms with Crippen molar-refractivity contribution in [1.82, 2.24) is 14.7 Å². The highest BCUT2D eigenvalue weighted by atomic mass is 19.1. The van der Waals surface area contributed by atoms with Crippen LogP contribution in [0.1, 0.15) is 12.7 Å². The highest BCUT2D eigenvalue weighted by Gasteiger charge is 2.28. The molecule has 182 valence electrons. The van der Waals surface area contributed by atoms with E-state index in [9.17, 15) is 18.9 Å². The Balaban J connectivity index is 0.000000201. The second-order valence-corrected chi connectivity index (χ2v) is 7.49. The monoisotopic (exact) mass is 486 g/mol. The number of rotatable bonds is 6. The van der Waals surface area contributed by atoms with Gasteiger partial charge < -0.3 is 28.8 Å². The van der Waals surface area contributed by atoms with Crippen LogP contribution in [0.2, 0.25) is 0 Å². The number of ether oxygens (including phenoxy) is 3. The molecule has 0 amide bonds. The quantitative estimate of drug-likeness (QED) is 0.283. The lowest BCUT2D eigenvalue weighted by Gasteiger charge is -2.04. The molecule has 0 saturated carbocycles. The van der Waals surface area contributed by atoms with Crippen molar-refractivity contribution in [3.63, 3.8) is 0 Å². The normalized spacial score (nSPS) is 13.9. The summed E-state index contributed by atoms with van der Waals surface area (Å²) in [5.74, 6) is -0.450. The number of benzene rings is 2. The second kappa shape index (κ2) is 10.2. The van der Waals surface area contributed by atoms with Crippen molar-refractivity contribution in [3.05, 3.63) is 82.2 Å². The van der Waals surface area contributed by atoms with Crippen LogP contribution in [0.25, 0.3) is 11.3 Å². The third-order valence-electron chi connectivity index (χ3n) is 4.88. The van der Waals surface area contributed by atoms with Crippen molar-refractivity contribution < 1.29 is 32.4 Å². The van der Waals surface area contributed by atoms with E-state index in [1.54, 1.807) is 17.7 Å². The van der Waals surface area contributed by atoms with Gasteiger partial charge >= 0.3 is 11.8 Å². The van der Waals surface area contributed by atoms with Crippen LogP contribution >= 0.6 is 0 Å². The first-order valence-corrected chi connectivity index (χ1v) is 10.4. The summed E-state index contributed by atoms with van der Waals surface area (Å²) in [6, 6.07) is 12.5. The molecule has 4 aromatic rings. The Morgan fingerprint density at radius 1 is 1.20 bits per heavy atom. The Bertz CT molecular complexity index is 1300. The summed E-state index contributed by atoms with van der Waals surface area (Å²) in [6.45, 7) is 2.52. The SMILES string of the molecule is CC1Cn2cc([N+](=O)[O-])nc2O1.COc1ccc(-c2cc(COc3ccc(F)cc3F)on2)cc1. The zero-order valence-corrected chi connectivity index (χ0v) is 18.7. The van der Waals surface area contributed by atoms with E-state index in [2.05, 4.69) is 10.1 Å². The highest BCUT2D eigenvalue weighted by Crippen LogP contribution is 2.25. The van der Waals surface area contributed by atoms with Gasteiger partial charge in [-0.15, -0.1) is 0 Å². The zero-order chi connectivity index (χ0) is 24.9. The van der Waals surface area contributed by atoms with Crippen LogP contribution in [-0.4, -0.2) is 32.8 Å². The zero-order valence-electron chi connectivity index (χ0n) is 18.7. The number of fused-ring (bicyclic) bond motifs is 1. The van der Waals surface area contributed by atoms with Crippen molar-refractivity contribution in [2.24, 2.45) is 0 Å². The van der Waals surface area contributed by atoms with Crippen molar-refractivity contribution in [2.75, 3.05) is 7.11 Å². The van der Waals surface area contributed by atoms with Crippen LogP contribution in [0.15, 0.2) is 59.3 Å². The molecule has 2 aromatic carbocycles. The van der Waals surface area contributed by atoms with Crippen LogP contribution in [0.4, 0.5) is 14.6 Å². The Kier molecular flexibility index (Phi) is 6.90. The largest absolute Gasteiger partial charge is 0.497 e. The summed E-state index contributed by atoms with van der Waals surface area (Å²) in [6.07, 6.45) is 1.45. The molecule has 0 aliphatic carbocycles. The summed E-state index contributed by atoms with van der Waals surface area (Å²) >= 11 is 0. The molecule has 1 aliphatic rings. The molecular formula is C23H20F2N4O6. The van der Waals surface area contributed by atoms with E-state index in [-0.39, 0.29) is 24.3 Å². The van der Waals surface area contributed by atoms with E-state index in [1.807, 2.05) is 31.2 Å². The van der Waals surface area contributed by atoms with Gasteiger partial charge in [0.15, 0.2) is 17.3 Å². The molecule has 0 bridgehead atoms. The van der Waals surface area contributed by atoms with Crippen LogP contribution in [0.5, 0.6) is 17.5 Å². The van der Waals surface area contributed by atoms with Gasteiger partial charge in [0, 0.05) is 22.7 Å². The third kappa shape index (κ3) is 5.72. The third-order valence-corrected chi connectivity index (χ3v) is 4.88. The molecule has 0 N–H and O–H groups in total. The number of nitrogens with zero attached hydrogens (tertiary/aromatic N) is 4. The number of aromatic nitrogens is 3. The van der Waals surface area contributed by atoms with Gasteiger partial charge in [0.25, 0.3) is 0 Å². The molecule has 10 nitrogen and oxygen atoms in total. The van der Waals surface area contributed by atoms with Gasteiger partial charge in [-0.3, -0.25) is 4.57 Å². The lowest BCUT2D eigenvalue weighted by atomic mass is 10.1. The van der Waals surface area contributed by atoms with Crippen molar-refractivity contribution in [2.45, 2.75) is 26.2 Å². The summed E-state index contributed by atoms with van der Waals surface area (Å²) < 4.78 is 48.6. The van der Waals surface area contributed by atoms with Crippen LogP contribution in [-0.2, 0) is 13.2 Å². The number of hydrogen-bond donors (Lipinski definition) is 0. The maximum absolute atomic E-state index is 13.5. The van der Waals surface area contributed by atoms with Gasteiger partial charge in [-0.1, -0.05) is 5.16 Å². The van der Waals surface area contributed by atoms with Crippen LogP contribution in [0, 0.1) is 21.7 Å². The predicted octanol–water partition coefficient (Wildman–Crippen LogP) is 4.78.